The van der Waals surface area contributed by atoms with Crippen LogP contribution >= 0.6 is 0 Å². The monoisotopic (exact) mass is 347 g/mol. The Morgan fingerprint density at radius 2 is 2.00 bits per heavy atom. The first kappa shape index (κ1) is 17.5. The second kappa shape index (κ2) is 7.37. The highest BCUT2D eigenvalue weighted by atomic mass is 16.5. The van der Waals surface area contributed by atoms with Gasteiger partial charge in [-0.2, -0.15) is 0 Å². The van der Waals surface area contributed by atoms with Crippen LogP contribution in [0.25, 0.3) is 0 Å². The molecule has 0 amide bonds. The van der Waals surface area contributed by atoms with Crippen molar-refractivity contribution in [2.45, 2.75) is 64.6 Å². The van der Waals surface area contributed by atoms with Crippen molar-refractivity contribution in [3.05, 3.63) is 17.5 Å². The van der Waals surface area contributed by atoms with Gasteiger partial charge in [-0.25, -0.2) is 0 Å². The molecule has 2 unspecified atom stereocenters. The molecule has 4 fully saturated rings. The topological polar surface area (TPSA) is 50.5 Å². The molecule has 3 saturated carbocycles. The van der Waals surface area contributed by atoms with E-state index >= 15 is 0 Å². The Bertz CT molecular complexity index is 559. The molecule has 1 aromatic rings. The standard InChI is InChI=1S/C20H33N3O2/c1-15-7-16-8-17(9-16)12-20(2,11-15)21-13-18-10-19(25-22-18)14-23-3-5-24-6-4-23/h10,15-17,21H,3-9,11-14H2,1-2H3. The zero-order valence-corrected chi connectivity index (χ0v) is 15.8. The van der Waals surface area contributed by atoms with Gasteiger partial charge in [0.05, 0.1) is 25.5 Å². The van der Waals surface area contributed by atoms with E-state index in [9.17, 15) is 0 Å². The Labute approximate surface area is 151 Å². The molecule has 25 heavy (non-hydrogen) atoms. The van der Waals surface area contributed by atoms with Crippen LogP contribution in [0.2, 0.25) is 0 Å². The van der Waals surface area contributed by atoms with E-state index in [0.717, 1.165) is 68.6 Å². The van der Waals surface area contributed by atoms with Crippen molar-refractivity contribution < 1.29 is 9.26 Å². The number of hydrogen-bond donors (Lipinski definition) is 1. The maximum Gasteiger partial charge on any atom is 0.151 e. The Hall–Kier alpha value is -0.910. The third kappa shape index (κ3) is 4.44. The Morgan fingerprint density at radius 3 is 2.80 bits per heavy atom. The van der Waals surface area contributed by atoms with Gasteiger partial charge in [0.25, 0.3) is 0 Å². The van der Waals surface area contributed by atoms with Crippen LogP contribution in [0.3, 0.4) is 0 Å². The molecule has 3 aliphatic carbocycles. The third-order valence-corrected chi connectivity index (χ3v) is 6.39. The fourth-order valence-electron chi connectivity index (χ4n) is 5.32. The van der Waals surface area contributed by atoms with Gasteiger partial charge in [-0.3, -0.25) is 4.90 Å². The molecule has 5 heteroatoms. The molecule has 2 atom stereocenters. The highest BCUT2D eigenvalue weighted by Gasteiger charge is 2.40. The number of hydrogen-bond acceptors (Lipinski definition) is 5. The number of ether oxygens (including phenoxy) is 1. The molecule has 0 aromatic carbocycles. The summed E-state index contributed by atoms with van der Waals surface area (Å²) >= 11 is 0. The second-order valence-corrected chi connectivity index (χ2v) is 9.04. The fourth-order valence-corrected chi connectivity index (χ4v) is 5.32. The first-order valence-corrected chi connectivity index (χ1v) is 10.1. The molecular formula is C20H33N3O2. The van der Waals surface area contributed by atoms with Gasteiger partial charge in [0.2, 0.25) is 0 Å². The predicted octanol–water partition coefficient (Wildman–Crippen LogP) is 3.20. The maximum atomic E-state index is 5.56. The third-order valence-electron chi connectivity index (χ3n) is 6.39. The van der Waals surface area contributed by atoms with E-state index in [1.807, 2.05) is 0 Å². The minimum absolute atomic E-state index is 0.235. The van der Waals surface area contributed by atoms with Crippen LogP contribution in [0.15, 0.2) is 10.6 Å². The first-order chi connectivity index (χ1) is 12.1. The van der Waals surface area contributed by atoms with E-state index in [1.165, 1.54) is 32.1 Å². The summed E-state index contributed by atoms with van der Waals surface area (Å²) in [6.07, 6.45) is 6.91. The number of aromatic nitrogens is 1. The zero-order valence-electron chi connectivity index (χ0n) is 15.8. The quantitative estimate of drug-likeness (QED) is 0.886. The summed E-state index contributed by atoms with van der Waals surface area (Å²) in [5.74, 6) is 3.74. The highest BCUT2D eigenvalue weighted by molar-refractivity contribution is 5.06. The highest BCUT2D eigenvalue weighted by Crippen LogP contribution is 2.47. The summed E-state index contributed by atoms with van der Waals surface area (Å²) < 4.78 is 11.0. The summed E-state index contributed by atoms with van der Waals surface area (Å²) in [6.45, 7) is 10.1. The molecule has 1 aromatic heterocycles. The fraction of sp³-hybridized carbons (Fsp3) is 0.850. The summed E-state index contributed by atoms with van der Waals surface area (Å²) in [5, 5.41) is 8.12. The lowest BCUT2D eigenvalue weighted by atomic mass is 9.62. The molecule has 5 rings (SSSR count). The van der Waals surface area contributed by atoms with Gasteiger partial charge in [-0.1, -0.05) is 12.1 Å². The summed E-state index contributed by atoms with van der Waals surface area (Å²) in [4.78, 5) is 2.37. The summed E-state index contributed by atoms with van der Waals surface area (Å²) in [6, 6.07) is 2.12. The van der Waals surface area contributed by atoms with Gasteiger partial charge in [0.1, 0.15) is 0 Å². The second-order valence-electron chi connectivity index (χ2n) is 9.04. The van der Waals surface area contributed by atoms with Gasteiger partial charge >= 0.3 is 0 Å². The van der Waals surface area contributed by atoms with Crippen molar-refractivity contribution in [3.8, 4) is 0 Å². The van der Waals surface area contributed by atoms with E-state index in [1.54, 1.807) is 0 Å². The lowest BCUT2D eigenvalue weighted by Gasteiger charge is -2.47. The van der Waals surface area contributed by atoms with Crippen molar-refractivity contribution in [2.75, 3.05) is 26.3 Å². The normalized spacial score (nSPS) is 36.5. The molecule has 5 nitrogen and oxygen atoms in total. The molecule has 2 bridgehead atoms. The minimum atomic E-state index is 0.235. The van der Waals surface area contributed by atoms with Crippen molar-refractivity contribution in [1.29, 1.82) is 0 Å². The number of fused-ring (bicyclic) bond motifs is 4. The van der Waals surface area contributed by atoms with Crippen molar-refractivity contribution >= 4 is 0 Å². The summed E-state index contributed by atoms with van der Waals surface area (Å²) in [5.41, 5.74) is 1.27. The van der Waals surface area contributed by atoms with Crippen LogP contribution in [0.4, 0.5) is 0 Å². The smallest absolute Gasteiger partial charge is 0.151 e. The average molecular weight is 348 g/mol. The summed E-state index contributed by atoms with van der Waals surface area (Å²) in [7, 11) is 0. The van der Waals surface area contributed by atoms with Crippen LogP contribution < -0.4 is 5.32 Å². The van der Waals surface area contributed by atoms with Crippen LogP contribution in [0, 0.1) is 17.8 Å². The first-order valence-electron chi connectivity index (χ1n) is 10.1. The molecule has 1 N–H and O–H groups in total. The lowest BCUT2D eigenvalue weighted by molar-refractivity contribution is 0.0305. The van der Waals surface area contributed by atoms with Gasteiger partial charge in [0.15, 0.2) is 5.76 Å². The molecule has 0 spiro atoms. The number of rotatable bonds is 5. The number of morpholine rings is 1. The van der Waals surface area contributed by atoms with Crippen LogP contribution in [0.5, 0.6) is 0 Å². The van der Waals surface area contributed by atoms with E-state index < -0.39 is 0 Å². The number of nitrogens with zero attached hydrogens (tertiary/aromatic N) is 2. The predicted molar refractivity (Wildman–Crippen MR) is 97.1 cm³/mol. The lowest BCUT2D eigenvalue weighted by Crippen LogP contribution is -2.48. The van der Waals surface area contributed by atoms with Gasteiger partial charge < -0.3 is 14.6 Å². The molecule has 4 aliphatic rings. The minimum Gasteiger partial charge on any atom is -0.379 e. The molecule has 0 radical (unpaired) electrons. The maximum absolute atomic E-state index is 5.56. The largest absolute Gasteiger partial charge is 0.379 e. The zero-order chi connectivity index (χ0) is 17.3. The molecule has 2 heterocycles. The van der Waals surface area contributed by atoms with E-state index in [4.69, 9.17) is 9.26 Å². The average Bonchev–Trinajstić information content (AvgIpc) is 2.98. The van der Waals surface area contributed by atoms with Crippen LogP contribution in [0.1, 0.15) is 57.4 Å². The Balaban J connectivity index is 1.31. The van der Waals surface area contributed by atoms with Crippen molar-refractivity contribution in [1.82, 2.24) is 15.4 Å². The van der Waals surface area contributed by atoms with E-state index in [0.29, 0.717) is 0 Å². The Morgan fingerprint density at radius 1 is 1.20 bits per heavy atom. The molecular weight excluding hydrogens is 314 g/mol. The SMILES string of the molecule is CC1CC2CC(C2)CC(C)(NCc2cc(CN3CCOCC3)on2)C1. The Kier molecular flexibility index (Phi) is 5.16. The van der Waals surface area contributed by atoms with E-state index in [-0.39, 0.29) is 5.54 Å². The number of nitrogens with one attached hydrogen (secondary N) is 1. The van der Waals surface area contributed by atoms with Gasteiger partial charge in [-0.05, 0) is 56.8 Å². The van der Waals surface area contributed by atoms with Crippen LogP contribution in [-0.2, 0) is 17.8 Å². The van der Waals surface area contributed by atoms with Crippen molar-refractivity contribution in [2.24, 2.45) is 17.8 Å². The molecule has 1 aliphatic heterocycles. The van der Waals surface area contributed by atoms with Gasteiger partial charge in [0, 0.05) is 31.2 Å². The molecule has 140 valence electrons. The van der Waals surface area contributed by atoms with E-state index in [2.05, 4.69) is 35.3 Å². The van der Waals surface area contributed by atoms with Crippen LogP contribution in [-0.4, -0.2) is 41.9 Å². The van der Waals surface area contributed by atoms with Crippen molar-refractivity contribution in [3.63, 3.8) is 0 Å². The molecule has 1 saturated heterocycles. The van der Waals surface area contributed by atoms with Gasteiger partial charge in [-0.15, -0.1) is 0 Å².